The van der Waals surface area contributed by atoms with Gasteiger partial charge in [0.25, 0.3) is 18.8 Å². The Kier molecular flexibility index (Phi) is 30.3. The highest BCUT2D eigenvalue weighted by Crippen LogP contribution is 2.38. The Morgan fingerprint density at radius 3 is 1.36 bits per heavy atom. The number of nitriles is 3. The van der Waals surface area contributed by atoms with E-state index in [1.807, 2.05) is 0 Å². The van der Waals surface area contributed by atoms with Crippen molar-refractivity contribution in [1.29, 1.82) is 15.8 Å². The highest BCUT2D eigenvalue weighted by Gasteiger charge is 2.30. The number of carbonyl (C=O) groups is 3. The van der Waals surface area contributed by atoms with Crippen LogP contribution in [0.25, 0.3) is 0 Å². The Morgan fingerprint density at radius 1 is 0.621 bits per heavy atom. The molecule has 0 fully saturated rings. The first-order valence-corrected chi connectivity index (χ1v) is 20.2. The maximum absolute atomic E-state index is 13.8. The van der Waals surface area contributed by atoms with Crippen LogP contribution in [0.2, 0.25) is 0 Å². The second-order valence-corrected chi connectivity index (χ2v) is 13.4. The van der Waals surface area contributed by atoms with Gasteiger partial charge in [0.05, 0.1) is 98.4 Å². The highest BCUT2D eigenvalue weighted by molar-refractivity contribution is 7.52. The van der Waals surface area contributed by atoms with Crippen LogP contribution >= 0.6 is 7.60 Å². The summed E-state index contributed by atoms with van der Waals surface area (Å²) in [5.41, 5.74) is 0.598. The van der Waals surface area contributed by atoms with Crippen LogP contribution < -0.4 is 20.5 Å². The Labute approximate surface area is 337 Å². The topological polar surface area (TPSA) is 292 Å². The van der Waals surface area contributed by atoms with E-state index in [1.54, 1.807) is 30.9 Å². The van der Waals surface area contributed by atoms with Crippen LogP contribution in [-0.2, 0) is 68.0 Å². The van der Waals surface area contributed by atoms with Crippen LogP contribution in [0.1, 0.15) is 5.56 Å². The van der Waals surface area contributed by atoms with Gasteiger partial charge in [0, 0.05) is 26.3 Å². The molecule has 1 rings (SSSR count). The number of ether oxygens (including phenoxy) is 9. The van der Waals surface area contributed by atoms with Crippen molar-refractivity contribution in [2.24, 2.45) is 0 Å². The van der Waals surface area contributed by atoms with Crippen LogP contribution in [0.5, 0.6) is 5.75 Å². The van der Waals surface area contributed by atoms with Gasteiger partial charge in [0.15, 0.2) is 0 Å². The molecule has 2 unspecified atom stereocenters. The third-order valence-electron chi connectivity index (χ3n) is 7.05. The molecule has 0 bridgehead atoms. The molecule has 3 amide bonds. The maximum Gasteiger partial charge on any atom is 0.373 e. The molecule has 0 aromatic heterocycles. The third-order valence-corrected chi connectivity index (χ3v) is 7.60. The van der Waals surface area contributed by atoms with Gasteiger partial charge in [-0.25, -0.2) is 4.57 Å². The Bertz CT molecular complexity index is 1400. The summed E-state index contributed by atoms with van der Waals surface area (Å²) in [4.78, 5) is 51.2. The largest absolute Gasteiger partial charge is 0.425 e. The SMILES string of the molecule is CP(=O)(O)Oc1ccc(CC(C(=O)NCCOCCOCCOC#N)N(CC(=O)NCCOCCOCCOC#N)CC(=O)NCCOCCOCCOC#N)cc1. The fourth-order valence-electron chi connectivity index (χ4n) is 4.54. The lowest BCUT2D eigenvalue weighted by Crippen LogP contribution is -2.54. The first-order chi connectivity index (χ1) is 28.1. The summed E-state index contributed by atoms with van der Waals surface area (Å²) in [5, 5.41) is 33.4. The van der Waals surface area contributed by atoms with Crippen LogP contribution in [0.4, 0.5) is 0 Å². The Morgan fingerprint density at radius 2 is 0.983 bits per heavy atom. The molecule has 0 saturated heterocycles. The lowest BCUT2D eigenvalue weighted by molar-refractivity contribution is -0.131. The number of nitrogens with zero attached hydrogens (tertiary/aromatic N) is 4. The van der Waals surface area contributed by atoms with Crippen LogP contribution in [-0.4, -0.2) is 172 Å². The number of hydrogen-bond acceptors (Lipinski definition) is 18. The van der Waals surface area contributed by atoms with Gasteiger partial charge in [-0.15, -0.1) is 0 Å². The van der Waals surface area contributed by atoms with Gasteiger partial charge < -0.3 is 68.0 Å². The zero-order chi connectivity index (χ0) is 42.5. The molecule has 0 spiro atoms. The summed E-state index contributed by atoms with van der Waals surface area (Å²) in [7, 11) is -3.83. The van der Waals surface area contributed by atoms with E-state index in [0.29, 0.717) is 5.56 Å². The van der Waals surface area contributed by atoms with Crippen molar-refractivity contribution in [1.82, 2.24) is 20.9 Å². The van der Waals surface area contributed by atoms with Crippen molar-refractivity contribution in [3.8, 4) is 24.5 Å². The second kappa shape index (κ2) is 34.3. The monoisotopic (exact) mass is 843 g/mol. The summed E-state index contributed by atoms with van der Waals surface area (Å²) in [5.74, 6) is -1.35. The molecule has 0 heterocycles. The average molecular weight is 844 g/mol. The van der Waals surface area contributed by atoms with E-state index < -0.39 is 31.4 Å². The van der Waals surface area contributed by atoms with Crippen molar-refractivity contribution in [2.45, 2.75) is 12.5 Å². The number of carbonyl (C=O) groups excluding carboxylic acids is 3. The summed E-state index contributed by atoms with van der Waals surface area (Å²) >= 11 is 0. The smallest absolute Gasteiger partial charge is 0.373 e. The van der Waals surface area contributed by atoms with Crippen LogP contribution in [0.15, 0.2) is 24.3 Å². The molecule has 1 aromatic rings. The first kappa shape index (κ1) is 51.2. The fourth-order valence-corrected chi connectivity index (χ4v) is 5.06. The summed E-state index contributed by atoms with van der Waals surface area (Å²) in [6.45, 7) is 3.56. The molecule has 0 aliphatic heterocycles. The van der Waals surface area contributed by atoms with Gasteiger partial charge in [-0.3, -0.25) is 19.3 Å². The van der Waals surface area contributed by atoms with Gasteiger partial charge in [-0.2, -0.15) is 15.8 Å². The number of hydrogen-bond donors (Lipinski definition) is 4. The average Bonchev–Trinajstić information content (AvgIpc) is 3.18. The number of nitrogens with one attached hydrogen (secondary N) is 3. The second-order valence-electron chi connectivity index (χ2n) is 11.6. The summed E-state index contributed by atoms with van der Waals surface area (Å²) < 4.78 is 62.6. The molecule has 324 valence electrons. The maximum atomic E-state index is 13.8. The third kappa shape index (κ3) is 29.5. The number of rotatable bonds is 37. The van der Waals surface area contributed by atoms with E-state index in [2.05, 4.69) is 30.2 Å². The van der Waals surface area contributed by atoms with E-state index in [4.69, 9.17) is 48.7 Å². The predicted molar refractivity (Wildman–Crippen MR) is 201 cm³/mol. The molecular formula is C35H54N7O15P. The molecule has 4 N–H and O–H groups in total. The molecule has 0 aliphatic carbocycles. The molecule has 58 heavy (non-hydrogen) atoms. The van der Waals surface area contributed by atoms with Crippen LogP contribution in [0.3, 0.4) is 0 Å². The Balaban J connectivity index is 2.97. The molecule has 2 atom stereocenters. The number of benzene rings is 1. The predicted octanol–water partition coefficient (Wildman–Crippen LogP) is -0.965. The van der Waals surface area contributed by atoms with Gasteiger partial charge in [0.1, 0.15) is 25.6 Å². The lowest BCUT2D eigenvalue weighted by atomic mass is 10.0. The minimum Gasteiger partial charge on any atom is -0.425 e. The van der Waals surface area contributed by atoms with Gasteiger partial charge in [-0.05, 0) is 24.1 Å². The van der Waals surface area contributed by atoms with Crippen LogP contribution in [0, 0.1) is 34.6 Å². The quantitative estimate of drug-likeness (QED) is 0.0356. The normalized spacial score (nSPS) is 12.2. The molecule has 1 aromatic carbocycles. The van der Waals surface area contributed by atoms with E-state index in [0.717, 1.165) is 6.66 Å². The summed E-state index contributed by atoms with van der Waals surface area (Å²) in [6, 6.07) is 5.09. The molecule has 0 aliphatic rings. The molecule has 0 saturated carbocycles. The zero-order valence-electron chi connectivity index (χ0n) is 32.6. The molecule has 22 nitrogen and oxygen atoms in total. The van der Waals surface area contributed by atoms with E-state index in [-0.39, 0.29) is 144 Å². The molecular weight excluding hydrogens is 789 g/mol. The van der Waals surface area contributed by atoms with E-state index in [9.17, 15) is 23.8 Å². The fraction of sp³-hybridized carbons (Fsp3) is 0.657. The highest BCUT2D eigenvalue weighted by atomic mass is 31.2. The first-order valence-electron chi connectivity index (χ1n) is 18.2. The van der Waals surface area contributed by atoms with Crippen molar-refractivity contribution in [2.75, 3.05) is 138 Å². The minimum atomic E-state index is -3.83. The van der Waals surface area contributed by atoms with E-state index >= 15 is 0 Å². The minimum absolute atomic E-state index is 0.0279. The lowest BCUT2D eigenvalue weighted by Gasteiger charge is -2.30. The van der Waals surface area contributed by atoms with Crippen molar-refractivity contribution in [3.63, 3.8) is 0 Å². The van der Waals surface area contributed by atoms with E-state index in [1.165, 1.54) is 17.0 Å². The van der Waals surface area contributed by atoms with Gasteiger partial charge in [0.2, 0.25) is 17.7 Å². The van der Waals surface area contributed by atoms with Gasteiger partial charge in [-0.1, -0.05) is 12.1 Å². The molecule has 23 heteroatoms. The molecule has 0 radical (unpaired) electrons. The summed E-state index contributed by atoms with van der Waals surface area (Å²) in [6.07, 6.45) is 4.66. The Hall–Kier alpha value is -4.79. The van der Waals surface area contributed by atoms with Crippen molar-refractivity contribution in [3.05, 3.63) is 29.8 Å². The number of amides is 3. The van der Waals surface area contributed by atoms with Crippen molar-refractivity contribution < 1.29 is 71.0 Å². The van der Waals surface area contributed by atoms with Crippen molar-refractivity contribution >= 4 is 25.3 Å². The standard InChI is InChI=1S/C35H54N7O15P/c1-58(46,47)57-31-4-2-30(3-5-31)24-32(35(45)41-8-11-50-14-17-53-20-23-56-29-38)42(25-33(43)39-6-9-48-12-15-51-18-21-54-27-36)26-34(44)40-7-10-49-13-16-52-19-22-55-28-37/h2-5,32H,6-26H2,1H3,(H,39,43)(H,40,44)(H,41,45)(H,46,47). The zero-order valence-corrected chi connectivity index (χ0v) is 33.5. The van der Waals surface area contributed by atoms with Gasteiger partial charge >= 0.3 is 7.60 Å².